The van der Waals surface area contributed by atoms with Crippen LogP contribution in [0.15, 0.2) is 11.1 Å². The number of hydrogen-bond donors (Lipinski definition) is 2. The second-order valence-corrected chi connectivity index (χ2v) is 20.3. The number of ketones is 1. The molecule has 4 saturated carbocycles. The highest BCUT2D eigenvalue weighted by atomic mass is 16.5. The number of aliphatic carboxylic acids is 1. The molecule has 5 rings (SSSR count). The van der Waals surface area contributed by atoms with Crippen LogP contribution in [-0.2, 0) is 19.1 Å². The van der Waals surface area contributed by atoms with Crippen molar-refractivity contribution in [2.75, 3.05) is 33.7 Å². The summed E-state index contributed by atoms with van der Waals surface area (Å²) in [6.45, 7) is 24.0. The highest BCUT2D eigenvalue weighted by Gasteiger charge is 2.67. The van der Waals surface area contributed by atoms with E-state index in [0.717, 1.165) is 70.0 Å². The molecule has 51 heavy (non-hydrogen) atoms. The molecular weight excluding hydrogens is 640 g/mol. The number of ether oxygens (including phenoxy) is 1. The molecule has 9 atom stereocenters. The third-order valence-electron chi connectivity index (χ3n) is 15.6. The van der Waals surface area contributed by atoms with Gasteiger partial charge in [-0.15, -0.1) is 0 Å². The van der Waals surface area contributed by atoms with Crippen LogP contribution < -0.4 is 0 Å². The Morgan fingerprint density at radius 2 is 1.55 bits per heavy atom. The number of rotatable bonds is 12. The van der Waals surface area contributed by atoms with Gasteiger partial charge in [-0.25, -0.2) is 0 Å². The molecule has 0 aliphatic heterocycles. The molecule has 0 spiro atoms. The number of carboxylic acids is 1. The van der Waals surface area contributed by atoms with Crippen molar-refractivity contribution >= 4 is 17.7 Å². The number of carbonyl (C=O) groups is 3. The van der Waals surface area contributed by atoms with E-state index in [1.807, 2.05) is 0 Å². The predicted molar refractivity (Wildman–Crippen MR) is 202 cm³/mol. The van der Waals surface area contributed by atoms with Crippen molar-refractivity contribution < 1.29 is 29.3 Å². The summed E-state index contributed by atoms with van der Waals surface area (Å²) in [5.41, 5.74) is 0.764. The monoisotopic (exact) mass is 713 g/mol. The molecular formula is C43H72N2O6. The summed E-state index contributed by atoms with van der Waals surface area (Å²) >= 11 is 0. The molecule has 0 amide bonds. The van der Waals surface area contributed by atoms with E-state index in [0.29, 0.717) is 42.7 Å². The number of hydrogen-bond acceptors (Lipinski definition) is 7. The van der Waals surface area contributed by atoms with Gasteiger partial charge in [-0.2, -0.15) is 0 Å². The molecule has 5 aliphatic carbocycles. The van der Waals surface area contributed by atoms with Gasteiger partial charge < -0.3 is 19.8 Å². The van der Waals surface area contributed by atoms with Crippen molar-refractivity contribution in [2.24, 2.45) is 56.7 Å². The Balaban J connectivity index is 1.41. The van der Waals surface area contributed by atoms with Gasteiger partial charge >= 0.3 is 11.9 Å². The van der Waals surface area contributed by atoms with Gasteiger partial charge in [0.05, 0.1) is 17.9 Å². The first-order valence-electron chi connectivity index (χ1n) is 20.3. The van der Waals surface area contributed by atoms with Crippen LogP contribution in [0.4, 0.5) is 0 Å². The number of aliphatic hydroxyl groups is 1. The zero-order chi connectivity index (χ0) is 38.1. The van der Waals surface area contributed by atoms with Gasteiger partial charge in [0.1, 0.15) is 6.10 Å². The summed E-state index contributed by atoms with van der Waals surface area (Å²) in [4.78, 5) is 43.4. The van der Waals surface area contributed by atoms with E-state index in [4.69, 9.17) is 4.74 Å². The van der Waals surface area contributed by atoms with Gasteiger partial charge in [-0.3, -0.25) is 19.3 Å². The third kappa shape index (κ3) is 6.90. The Morgan fingerprint density at radius 3 is 2.14 bits per heavy atom. The topological polar surface area (TPSA) is 107 Å². The van der Waals surface area contributed by atoms with Gasteiger partial charge in [-0.1, -0.05) is 47.1 Å². The third-order valence-corrected chi connectivity index (χ3v) is 15.6. The predicted octanol–water partition coefficient (Wildman–Crippen LogP) is 7.62. The minimum atomic E-state index is -1.15. The van der Waals surface area contributed by atoms with Crippen LogP contribution in [0.1, 0.15) is 133 Å². The molecule has 0 bridgehead atoms. The van der Waals surface area contributed by atoms with Crippen LogP contribution in [0.5, 0.6) is 0 Å². The quantitative estimate of drug-likeness (QED) is 0.199. The van der Waals surface area contributed by atoms with E-state index in [1.54, 1.807) is 13.8 Å². The number of nitrogens with zero attached hydrogens (tertiary/aromatic N) is 2. The number of likely N-dealkylation sites (N-methyl/N-ethyl adjacent to an activating group) is 1. The molecule has 8 nitrogen and oxygen atoms in total. The summed E-state index contributed by atoms with van der Waals surface area (Å²) < 4.78 is 6.16. The molecule has 0 saturated heterocycles. The minimum absolute atomic E-state index is 0.101. The summed E-state index contributed by atoms with van der Waals surface area (Å²) in [7, 11) is 4.19. The maximum Gasteiger partial charge on any atom is 0.309 e. The van der Waals surface area contributed by atoms with Gasteiger partial charge in [0.2, 0.25) is 0 Å². The Morgan fingerprint density at radius 1 is 0.902 bits per heavy atom. The fourth-order valence-corrected chi connectivity index (χ4v) is 12.9. The van der Waals surface area contributed by atoms with Gasteiger partial charge in [0.15, 0.2) is 5.78 Å². The second-order valence-electron chi connectivity index (χ2n) is 20.3. The fraction of sp³-hybridized carbons (Fsp3) is 0.884. The second kappa shape index (κ2) is 14.1. The van der Waals surface area contributed by atoms with Crippen molar-refractivity contribution in [1.82, 2.24) is 9.80 Å². The molecule has 290 valence electrons. The van der Waals surface area contributed by atoms with Crippen molar-refractivity contribution in [3.8, 4) is 0 Å². The van der Waals surface area contributed by atoms with Crippen molar-refractivity contribution in [3.05, 3.63) is 11.1 Å². The van der Waals surface area contributed by atoms with Crippen LogP contribution in [0, 0.1) is 56.7 Å². The minimum Gasteiger partial charge on any atom is -0.481 e. The fourth-order valence-electron chi connectivity index (χ4n) is 12.9. The standard InChI is InChI=1S/C43H72N2O6/c1-26(2)36-30(46)23-43(33(47)25-45(27(3)4)22-21-44(11)12)20-15-29-28(37(36)43)13-14-32-41(29,9)18-16-31-40(7,8)34(17-19-42(31,32)10)51-35(48)24-39(5,6)38(49)50/h26-29,31-34,47H,13-25H2,1-12H3,(H,49,50). The molecule has 5 aliphatic rings. The number of carbonyl (C=O) groups excluding carboxylic acids is 2. The number of Topliss-reactive ketones (excluding diaryl/α,β-unsaturated/α-hetero) is 1. The van der Waals surface area contributed by atoms with E-state index in [9.17, 15) is 24.6 Å². The first-order chi connectivity index (χ1) is 23.5. The first-order valence-corrected chi connectivity index (χ1v) is 20.3. The zero-order valence-electron chi connectivity index (χ0n) is 34.2. The molecule has 0 heterocycles. The number of esters is 1. The Kier molecular flexibility index (Phi) is 11.2. The average molecular weight is 713 g/mol. The van der Waals surface area contributed by atoms with Gasteiger partial charge in [0.25, 0.3) is 0 Å². The van der Waals surface area contributed by atoms with Crippen LogP contribution in [0.2, 0.25) is 0 Å². The molecule has 4 fully saturated rings. The van der Waals surface area contributed by atoms with Gasteiger partial charge in [0, 0.05) is 42.9 Å². The smallest absolute Gasteiger partial charge is 0.309 e. The molecule has 8 heteroatoms. The first kappa shape index (κ1) is 40.4. The SMILES string of the molecule is CC(C)C1=C2C3CCC4C(C)(CCC5C(C)(C)C(OC(=O)CC(C)(C)C(=O)O)CCC54C)C3CCC2(C(O)CN(CCN(C)C)C(C)C)CC1=O. The Bertz CT molecular complexity index is 1380. The molecule has 9 unspecified atom stereocenters. The van der Waals surface area contributed by atoms with E-state index >= 15 is 0 Å². The average Bonchev–Trinajstić information content (AvgIpc) is 3.33. The maximum absolute atomic E-state index is 14.0. The lowest BCUT2D eigenvalue weighted by Crippen LogP contribution is -2.63. The van der Waals surface area contributed by atoms with Crippen LogP contribution >= 0.6 is 0 Å². The van der Waals surface area contributed by atoms with Crippen molar-refractivity contribution in [3.63, 3.8) is 0 Å². The zero-order valence-corrected chi connectivity index (χ0v) is 34.2. The Hall–Kier alpha value is -1.77. The summed E-state index contributed by atoms with van der Waals surface area (Å²) in [5, 5.41) is 21.9. The summed E-state index contributed by atoms with van der Waals surface area (Å²) in [5.74, 6) is 0.766. The highest BCUT2D eigenvalue weighted by Crippen LogP contribution is 2.73. The van der Waals surface area contributed by atoms with Crippen LogP contribution in [-0.4, -0.2) is 89.7 Å². The molecule has 0 aromatic carbocycles. The molecule has 2 N–H and O–H groups in total. The number of fused-ring (bicyclic) bond motifs is 7. The van der Waals surface area contributed by atoms with E-state index in [2.05, 4.69) is 79.3 Å². The van der Waals surface area contributed by atoms with Crippen molar-refractivity contribution in [2.45, 2.75) is 152 Å². The van der Waals surface area contributed by atoms with Crippen molar-refractivity contribution in [1.29, 1.82) is 0 Å². The van der Waals surface area contributed by atoms with Crippen LogP contribution in [0.25, 0.3) is 0 Å². The van der Waals surface area contributed by atoms with Crippen LogP contribution in [0.3, 0.4) is 0 Å². The lowest BCUT2D eigenvalue weighted by atomic mass is 9.36. The van der Waals surface area contributed by atoms with E-state index < -0.39 is 28.9 Å². The van der Waals surface area contributed by atoms with E-state index in [1.165, 1.54) is 5.57 Å². The lowest BCUT2D eigenvalue weighted by molar-refractivity contribution is -0.214. The van der Waals surface area contributed by atoms with E-state index in [-0.39, 0.29) is 40.5 Å². The number of carboxylic acid groups (broad SMARTS) is 1. The Labute approximate surface area is 309 Å². The number of aliphatic hydroxyl groups excluding tert-OH is 1. The highest BCUT2D eigenvalue weighted by molar-refractivity contribution is 6.00. The maximum atomic E-state index is 14.0. The molecule has 0 aromatic heterocycles. The largest absolute Gasteiger partial charge is 0.481 e. The number of allylic oxidation sites excluding steroid dienone is 1. The van der Waals surface area contributed by atoms with Gasteiger partial charge in [-0.05, 0) is 139 Å². The summed E-state index contributed by atoms with van der Waals surface area (Å²) in [6, 6.07) is 0.311. The molecule has 0 aromatic rings. The summed E-state index contributed by atoms with van der Waals surface area (Å²) in [6.07, 6.45) is 7.65. The normalized spacial score (nSPS) is 37.0. The lowest BCUT2D eigenvalue weighted by Gasteiger charge is -2.69. The molecule has 0 radical (unpaired) electrons.